The zero-order valence-electron chi connectivity index (χ0n) is 12.5. The van der Waals surface area contributed by atoms with Gasteiger partial charge < -0.3 is 4.74 Å². The number of rotatable bonds is 2. The first kappa shape index (κ1) is 12.4. The summed E-state index contributed by atoms with van der Waals surface area (Å²) in [5.74, 6) is 1.58. The number of hydrogen-bond donors (Lipinski definition) is 0. The number of methoxy groups -OCH3 is 1. The van der Waals surface area contributed by atoms with Gasteiger partial charge in [0, 0.05) is 22.5 Å². The molecule has 0 atom stereocenters. The van der Waals surface area contributed by atoms with Gasteiger partial charge >= 0.3 is 0 Å². The van der Waals surface area contributed by atoms with Gasteiger partial charge in [0.2, 0.25) is 5.78 Å². The Morgan fingerprint density at radius 3 is 2.48 bits per heavy atom. The maximum atomic E-state index is 5.25. The first-order chi connectivity index (χ1) is 11.4. The van der Waals surface area contributed by atoms with Crippen LogP contribution in [0.15, 0.2) is 60.8 Å². The van der Waals surface area contributed by atoms with Gasteiger partial charge in [-0.25, -0.2) is 9.97 Å². The van der Waals surface area contributed by atoms with Crippen molar-refractivity contribution >= 4 is 27.6 Å². The molecular weight excluding hydrogens is 286 g/mol. The molecule has 0 aliphatic rings. The van der Waals surface area contributed by atoms with Gasteiger partial charge in [0.05, 0.1) is 23.8 Å². The van der Waals surface area contributed by atoms with Crippen LogP contribution in [0.4, 0.5) is 0 Å². The second-order valence-electron chi connectivity index (χ2n) is 5.55. The highest BCUT2D eigenvalue weighted by Gasteiger charge is 2.18. The summed E-state index contributed by atoms with van der Waals surface area (Å²) < 4.78 is 7.39. The van der Waals surface area contributed by atoms with Crippen molar-refractivity contribution in [2.75, 3.05) is 7.11 Å². The minimum atomic E-state index is 0.736. The quantitative estimate of drug-likeness (QED) is 0.491. The van der Waals surface area contributed by atoms with Crippen LogP contribution in [0.3, 0.4) is 0 Å². The molecule has 0 radical (unpaired) electrons. The summed E-state index contributed by atoms with van der Waals surface area (Å²) in [7, 11) is 1.67. The van der Waals surface area contributed by atoms with Gasteiger partial charge in [-0.2, -0.15) is 0 Å². The van der Waals surface area contributed by atoms with Crippen molar-refractivity contribution in [1.82, 2.24) is 14.4 Å². The lowest BCUT2D eigenvalue weighted by Crippen LogP contribution is -1.85. The third-order valence-electron chi connectivity index (χ3n) is 4.34. The Hall–Kier alpha value is -3.14. The van der Waals surface area contributed by atoms with Gasteiger partial charge in [-0.3, -0.25) is 4.40 Å². The molecule has 3 aromatic heterocycles. The van der Waals surface area contributed by atoms with Crippen LogP contribution in [0.1, 0.15) is 0 Å². The van der Waals surface area contributed by atoms with E-state index in [2.05, 4.69) is 33.7 Å². The zero-order valence-corrected chi connectivity index (χ0v) is 12.5. The van der Waals surface area contributed by atoms with E-state index < -0.39 is 0 Å². The van der Waals surface area contributed by atoms with Gasteiger partial charge in [-0.1, -0.05) is 24.3 Å². The second kappa shape index (κ2) is 4.43. The Labute approximate surface area is 132 Å². The van der Waals surface area contributed by atoms with Gasteiger partial charge in [-0.05, 0) is 30.3 Å². The largest absolute Gasteiger partial charge is 0.497 e. The van der Waals surface area contributed by atoms with E-state index in [0.29, 0.717) is 0 Å². The predicted molar refractivity (Wildman–Crippen MR) is 91.2 cm³/mol. The third-order valence-corrected chi connectivity index (χ3v) is 4.34. The highest BCUT2D eigenvalue weighted by atomic mass is 16.5. The third kappa shape index (κ3) is 1.60. The van der Waals surface area contributed by atoms with Crippen LogP contribution in [0.5, 0.6) is 5.75 Å². The van der Waals surface area contributed by atoms with Crippen molar-refractivity contribution < 1.29 is 4.74 Å². The molecular formula is C19H13N3O. The number of ether oxygens (including phenoxy) is 1. The Kier molecular flexibility index (Phi) is 2.39. The summed E-state index contributed by atoms with van der Waals surface area (Å²) in [6, 6.07) is 18.5. The maximum Gasteiger partial charge on any atom is 0.235 e. The van der Waals surface area contributed by atoms with Crippen molar-refractivity contribution in [3.8, 4) is 17.0 Å². The molecule has 0 aliphatic carbocycles. The molecule has 2 aromatic carbocycles. The first-order valence-corrected chi connectivity index (χ1v) is 7.48. The van der Waals surface area contributed by atoms with E-state index in [4.69, 9.17) is 9.72 Å². The molecule has 0 amide bonds. The first-order valence-electron chi connectivity index (χ1n) is 7.48. The molecule has 0 fully saturated rings. The van der Waals surface area contributed by atoms with E-state index >= 15 is 0 Å². The Morgan fingerprint density at radius 1 is 0.913 bits per heavy atom. The zero-order chi connectivity index (χ0) is 15.4. The fraction of sp³-hybridized carbons (Fsp3) is 0.0526. The van der Waals surface area contributed by atoms with E-state index in [9.17, 15) is 0 Å². The summed E-state index contributed by atoms with van der Waals surface area (Å²) >= 11 is 0. The number of imidazole rings is 1. The Balaban J connectivity index is 1.93. The molecule has 4 nitrogen and oxygen atoms in total. The number of nitrogens with zero attached hydrogens (tertiary/aromatic N) is 3. The molecule has 110 valence electrons. The Bertz CT molecular complexity index is 1140. The molecule has 23 heavy (non-hydrogen) atoms. The molecule has 5 rings (SSSR count). The minimum absolute atomic E-state index is 0.736. The van der Waals surface area contributed by atoms with Crippen LogP contribution in [0.25, 0.3) is 38.8 Å². The van der Waals surface area contributed by atoms with E-state index in [1.165, 1.54) is 10.8 Å². The summed E-state index contributed by atoms with van der Waals surface area (Å²) in [4.78, 5) is 9.19. The predicted octanol–water partition coefficient (Wildman–Crippen LogP) is 4.15. The standard InChI is InChI=1S/C19H13N3O/c1-23-13-8-6-12(7-9-13)17-18-15-5-3-2-4-14(15)16-10-11-20-19(21-17)22(16)18/h2-11H,1H3. The van der Waals surface area contributed by atoms with E-state index in [1.54, 1.807) is 7.11 Å². The van der Waals surface area contributed by atoms with Crippen molar-refractivity contribution in [3.63, 3.8) is 0 Å². The lowest BCUT2D eigenvalue weighted by Gasteiger charge is -2.01. The monoisotopic (exact) mass is 299 g/mol. The summed E-state index contributed by atoms with van der Waals surface area (Å²) in [5, 5.41) is 2.43. The van der Waals surface area contributed by atoms with Crippen molar-refractivity contribution in [3.05, 3.63) is 60.8 Å². The number of fused-ring (bicyclic) bond motifs is 3. The van der Waals surface area contributed by atoms with Crippen molar-refractivity contribution in [2.45, 2.75) is 0 Å². The van der Waals surface area contributed by atoms with Crippen LogP contribution >= 0.6 is 0 Å². The van der Waals surface area contributed by atoms with E-state index in [1.807, 2.05) is 36.5 Å². The van der Waals surface area contributed by atoms with Crippen LogP contribution in [-0.4, -0.2) is 21.5 Å². The van der Waals surface area contributed by atoms with E-state index in [-0.39, 0.29) is 0 Å². The summed E-state index contributed by atoms with van der Waals surface area (Å²) in [5.41, 5.74) is 4.28. The normalized spacial score (nSPS) is 11.7. The van der Waals surface area contributed by atoms with Crippen molar-refractivity contribution in [2.24, 2.45) is 0 Å². The molecule has 5 aromatic rings. The number of benzene rings is 2. The highest BCUT2D eigenvalue weighted by Crippen LogP contribution is 2.36. The molecule has 0 saturated carbocycles. The van der Waals surface area contributed by atoms with Gasteiger partial charge in [0.25, 0.3) is 0 Å². The molecule has 4 heteroatoms. The summed E-state index contributed by atoms with van der Waals surface area (Å²) in [6.07, 6.45) is 1.82. The van der Waals surface area contributed by atoms with Crippen molar-refractivity contribution in [1.29, 1.82) is 0 Å². The van der Waals surface area contributed by atoms with Crippen LogP contribution in [0.2, 0.25) is 0 Å². The molecule has 0 spiro atoms. The molecule has 0 bridgehead atoms. The number of hydrogen-bond acceptors (Lipinski definition) is 3. The smallest absolute Gasteiger partial charge is 0.235 e. The Morgan fingerprint density at radius 2 is 1.70 bits per heavy atom. The molecule has 0 N–H and O–H groups in total. The maximum absolute atomic E-state index is 5.25. The summed E-state index contributed by atoms with van der Waals surface area (Å²) in [6.45, 7) is 0. The van der Waals surface area contributed by atoms with Gasteiger partial charge in [-0.15, -0.1) is 0 Å². The van der Waals surface area contributed by atoms with Crippen LogP contribution < -0.4 is 4.74 Å². The molecule has 0 aliphatic heterocycles. The van der Waals surface area contributed by atoms with Crippen LogP contribution in [-0.2, 0) is 0 Å². The topological polar surface area (TPSA) is 39.4 Å². The average molecular weight is 299 g/mol. The molecule has 3 heterocycles. The SMILES string of the molecule is COc1ccc(-c2nc3nccc4c5ccccc5c2n34)cc1. The second-order valence-corrected chi connectivity index (χ2v) is 5.55. The molecule has 0 saturated heterocycles. The lowest BCUT2D eigenvalue weighted by atomic mass is 10.1. The van der Waals surface area contributed by atoms with E-state index in [0.717, 1.165) is 33.8 Å². The van der Waals surface area contributed by atoms with Gasteiger partial charge in [0.15, 0.2) is 0 Å². The van der Waals surface area contributed by atoms with Gasteiger partial charge in [0.1, 0.15) is 5.75 Å². The fourth-order valence-corrected chi connectivity index (χ4v) is 3.29. The number of aromatic nitrogens is 3. The fourth-order valence-electron chi connectivity index (χ4n) is 3.29. The lowest BCUT2D eigenvalue weighted by molar-refractivity contribution is 0.415. The molecule has 0 unspecified atom stereocenters. The minimum Gasteiger partial charge on any atom is -0.497 e. The van der Waals surface area contributed by atoms with Crippen LogP contribution in [0, 0.1) is 0 Å². The average Bonchev–Trinajstić information content (AvgIpc) is 3.16. The highest BCUT2D eigenvalue weighted by molar-refractivity contribution is 6.13.